The van der Waals surface area contributed by atoms with Crippen LogP contribution in [-0.2, 0) is 22.4 Å². The van der Waals surface area contributed by atoms with Gasteiger partial charge >= 0.3 is 11.8 Å². The number of aromatic nitrogens is 2. The van der Waals surface area contributed by atoms with E-state index in [4.69, 9.17) is 13.9 Å². The van der Waals surface area contributed by atoms with Crippen LogP contribution in [0.4, 0.5) is 4.79 Å². The maximum Gasteiger partial charge on any atom is 0.407 e. The number of fused-ring (bicyclic) bond motifs is 1. The lowest BCUT2D eigenvalue weighted by molar-refractivity contribution is -0.0136. The molecule has 0 radical (unpaired) electrons. The molecule has 46 heavy (non-hydrogen) atoms. The number of carbonyl (C=O) groups excluding carboxylic acids is 1. The van der Waals surface area contributed by atoms with E-state index in [0.29, 0.717) is 24.1 Å². The second-order valence-corrected chi connectivity index (χ2v) is 18.2. The molecule has 0 bridgehead atoms. The summed E-state index contributed by atoms with van der Waals surface area (Å²) in [6, 6.07) is 19.8. The molecule has 0 spiro atoms. The monoisotopic (exact) mass is 647 g/mol. The third kappa shape index (κ3) is 9.40. The Labute approximate surface area is 273 Å². The molecule has 5 rings (SSSR count). The van der Waals surface area contributed by atoms with E-state index in [2.05, 4.69) is 50.1 Å². The van der Waals surface area contributed by atoms with Crippen LogP contribution in [0.5, 0.6) is 0 Å². The zero-order valence-corrected chi connectivity index (χ0v) is 29.2. The minimum Gasteiger partial charge on any atom is -0.443 e. The second-order valence-electron chi connectivity index (χ2n) is 13.6. The fourth-order valence-electron chi connectivity index (χ4n) is 4.74. The van der Waals surface area contributed by atoms with Crippen LogP contribution < -0.4 is 11.0 Å². The number of carbonyl (C=O) groups is 1. The minimum absolute atomic E-state index is 0.132. The van der Waals surface area contributed by atoms with Crippen molar-refractivity contribution < 1.29 is 23.5 Å². The number of nitrogens with one attached hydrogen (secondary N) is 1. The molecule has 9 nitrogen and oxygen atoms in total. The zero-order valence-electron chi connectivity index (χ0n) is 28.2. The standard InChI is InChI=1S/C30H33N3O5.C6H16OSi/c1-3-4-6-9-21-12-14-23(15-13-21)26-16-24-19-33(29(34)32-28(24)37-26)27-17-25(20(2)36-27)38-30(35)31-18-22-10-7-5-8-11-22;1-6(2,3)8(4,5)7/h5,7-8,10-16,19-20,25,27H,3-4,6,9,17-18H2,1-2H3,(H,31,35);7H,1-5H3. The lowest BCUT2D eigenvalue weighted by Gasteiger charge is -2.30. The van der Waals surface area contributed by atoms with Crippen molar-refractivity contribution in [3.63, 3.8) is 0 Å². The van der Waals surface area contributed by atoms with E-state index < -0.39 is 32.4 Å². The molecule has 3 unspecified atom stereocenters. The van der Waals surface area contributed by atoms with E-state index in [1.54, 1.807) is 6.20 Å². The summed E-state index contributed by atoms with van der Waals surface area (Å²) >= 11 is 0. The summed E-state index contributed by atoms with van der Waals surface area (Å²) in [5, 5.41) is 3.59. The molecule has 1 aliphatic heterocycles. The van der Waals surface area contributed by atoms with Crippen molar-refractivity contribution in [3.05, 3.63) is 88.5 Å². The summed E-state index contributed by atoms with van der Waals surface area (Å²) in [4.78, 5) is 38.8. The van der Waals surface area contributed by atoms with Crippen molar-refractivity contribution in [1.29, 1.82) is 0 Å². The van der Waals surface area contributed by atoms with Crippen molar-refractivity contribution in [2.45, 2.75) is 110 Å². The first-order valence-corrected chi connectivity index (χ1v) is 19.2. The first kappa shape index (κ1) is 35.1. The van der Waals surface area contributed by atoms with Gasteiger partial charge in [-0.25, -0.2) is 9.59 Å². The van der Waals surface area contributed by atoms with E-state index in [1.807, 2.05) is 68.5 Å². The van der Waals surface area contributed by atoms with E-state index in [0.717, 1.165) is 17.5 Å². The van der Waals surface area contributed by atoms with Crippen LogP contribution in [-0.4, -0.2) is 41.0 Å². The van der Waals surface area contributed by atoms with Gasteiger partial charge in [-0.2, -0.15) is 4.98 Å². The number of benzene rings is 2. The van der Waals surface area contributed by atoms with Crippen molar-refractivity contribution in [2.75, 3.05) is 0 Å². The predicted molar refractivity (Wildman–Crippen MR) is 184 cm³/mol. The molecule has 0 saturated carbocycles. The lowest BCUT2D eigenvalue weighted by atomic mass is 10.0. The summed E-state index contributed by atoms with van der Waals surface area (Å²) in [5.74, 6) is 0.654. The fourth-order valence-corrected chi connectivity index (χ4v) is 4.74. The van der Waals surface area contributed by atoms with Gasteiger partial charge in [0.15, 0.2) is 8.32 Å². The van der Waals surface area contributed by atoms with Gasteiger partial charge in [0, 0.05) is 24.7 Å². The molecule has 1 saturated heterocycles. The number of amides is 1. The van der Waals surface area contributed by atoms with Crippen LogP contribution in [0.1, 0.15) is 77.7 Å². The average Bonchev–Trinajstić information content (AvgIpc) is 3.58. The van der Waals surface area contributed by atoms with E-state index in [1.165, 1.54) is 29.4 Å². The van der Waals surface area contributed by atoms with Gasteiger partial charge < -0.3 is 24.0 Å². The minimum atomic E-state index is -1.86. The quantitative estimate of drug-likeness (QED) is 0.140. The molecule has 2 aromatic heterocycles. The Morgan fingerprint density at radius 2 is 1.76 bits per heavy atom. The van der Waals surface area contributed by atoms with Crippen LogP contribution >= 0.6 is 0 Å². The molecule has 2 N–H and O–H groups in total. The Morgan fingerprint density at radius 1 is 1.09 bits per heavy atom. The van der Waals surface area contributed by atoms with Gasteiger partial charge in [0.1, 0.15) is 18.1 Å². The maximum absolute atomic E-state index is 12.8. The number of ether oxygens (including phenoxy) is 2. The highest BCUT2D eigenvalue weighted by Gasteiger charge is 2.37. The van der Waals surface area contributed by atoms with Gasteiger partial charge in [0.2, 0.25) is 5.71 Å². The van der Waals surface area contributed by atoms with E-state index in [-0.39, 0.29) is 16.9 Å². The van der Waals surface area contributed by atoms with Gasteiger partial charge in [0.25, 0.3) is 0 Å². The predicted octanol–water partition coefficient (Wildman–Crippen LogP) is 7.98. The van der Waals surface area contributed by atoms with Gasteiger partial charge in [-0.1, -0.05) is 95.1 Å². The van der Waals surface area contributed by atoms with Crippen LogP contribution in [0, 0.1) is 0 Å². The van der Waals surface area contributed by atoms with E-state index >= 15 is 0 Å². The van der Waals surface area contributed by atoms with Crippen LogP contribution in [0.2, 0.25) is 18.1 Å². The summed E-state index contributed by atoms with van der Waals surface area (Å²) < 4.78 is 18.9. The third-order valence-corrected chi connectivity index (χ3v) is 12.4. The number of rotatable bonds is 9. The number of furan rings is 1. The van der Waals surface area contributed by atoms with Gasteiger partial charge in [-0.05, 0) is 55.1 Å². The number of aryl methyl sites for hydroxylation is 1. The largest absolute Gasteiger partial charge is 0.443 e. The van der Waals surface area contributed by atoms with Crippen LogP contribution in [0.25, 0.3) is 22.4 Å². The normalized spacial score (nSPS) is 18.2. The topological polar surface area (TPSA) is 116 Å². The Morgan fingerprint density at radius 3 is 2.39 bits per heavy atom. The molecular weight excluding hydrogens is 598 g/mol. The SMILES string of the molecule is CC(C)(C)[Si](C)(C)O.CCCCCc1ccc(-c2cc3cn(C4CC(OC(=O)NCc5ccccc5)C(C)O4)c(=O)nc3o2)cc1. The van der Waals surface area contributed by atoms with E-state index in [9.17, 15) is 14.4 Å². The maximum atomic E-state index is 12.8. The Hall–Kier alpha value is -3.73. The number of hydrogen-bond acceptors (Lipinski definition) is 7. The molecule has 3 atom stereocenters. The first-order chi connectivity index (χ1) is 21.7. The highest BCUT2D eigenvalue weighted by atomic mass is 28.4. The van der Waals surface area contributed by atoms with Gasteiger partial charge in [-0.3, -0.25) is 4.57 Å². The van der Waals surface area contributed by atoms with Crippen molar-refractivity contribution in [1.82, 2.24) is 14.9 Å². The highest BCUT2D eigenvalue weighted by Crippen LogP contribution is 2.33. The highest BCUT2D eigenvalue weighted by molar-refractivity contribution is 6.72. The number of hydrogen-bond donors (Lipinski definition) is 2. The third-order valence-electron chi connectivity index (χ3n) is 8.76. The molecule has 2 aromatic carbocycles. The summed E-state index contributed by atoms with van der Waals surface area (Å²) in [7, 11) is -1.86. The number of alkyl carbamates (subject to hydrolysis) is 1. The summed E-state index contributed by atoms with van der Waals surface area (Å²) in [6.07, 6.45) is 4.74. The molecule has 248 valence electrons. The Kier molecular flexibility index (Phi) is 11.6. The number of unbranched alkanes of at least 4 members (excludes halogenated alkanes) is 2. The molecule has 3 heterocycles. The molecule has 0 aliphatic carbocycles. The van der Waals surface area contributed by atoms with Gasteiger partial charge in [0.05, 0.1) is 11.5 Å². The first-order valence-electron chi connectivity index (χ1n) is 16.2. The van der Waals surface area contributed by atoms with Crippen molar-refractivity contribution >= 4 is 25.5 Å². The molecule has 10 heteroatoms. The van der Waals surface area contributed by atoms with Gasteiger partial charge in [-0.15, -0.1) is 0 Å². The second kappa shape index (κ2) is 15.2. The molecule has 1 fully saturated rings. The Bertz CT molecular complexity index is 1610. The summed E-state index contributed by atoms with van der Waals surface area (Å²) in [6.45, 7) is 14.6. The van der Waals surface area contributed by atoms with Crippen LogP contribution in [0.3, 0.4) is 0 Å². The van der Waals surface area contributed by atoms with Crippen molar-refractivity contribution in [2.24, 2.45) is 0 Å². The number of nitrogens with zero attached hydrogens (tertiary/aromatic N) is 2. The molecule has 1 amide bonds. The molecule has 1 aliphatic rings. The molecular formula is C36H49N3O6Si. The Balaban J connectivity index is 0.000000533. The average molecular weight is 648 g/mol. The summed E-state index contributed by atoms with van der Waals surface area (Å²) in [5.41, 5.74) is 3.02. The zero-order chi connectivity index (χ0) is 33.5. The smallest absolute Gasteiger partial charge is 0.407 e. The molecule has 4 aromatic rings. The van der Waals surface area contributed by atoms with Crippen molar-refractivity contribution in [3.8, 4) is 11.3 Å². The van der Waals surface area contributed by atoms with Crippen LogP contribution in [0.15, 0.2) is 76.1 Å². The fraction of sp³-hybridized carbons (Fsp3) is 0.472. The lowest BCUT2D eigenvalue weighted by Crippen LogP contribution is -2.36.